The second-order valence-electron chi connectivity index (χ2n) is 2.72. The molecule has 1 heterocycles. The molecule has 0 fully saturated rings. The van der Waals surface area contributed by atoms with E-state index in [0.717, 1.165) is 12.8 Å². The molecule has 0 unspecified atom stereocenters. The molecular weight excluding hydrogens is 234 g/mol. The first-order valence-electron chi connectivity index (χ1n) is 4.27. The zero-order valence-corrected chi connectivity index (χ0v) is 9.06. The zero-order valence-electron chi connectivity index (χ0n) is 7.47. The largest absolute Gasteiger partial charge is 0.457 e. The van der Waals surface area contributed by atoms with Crippen LogP contribution in [0.3, 0.4) is 0 Å². The topological polar surface area (TPSA) is 42.2 Å². The van der Waals surface area contributed by atoms with Gasteiger partial charge in [0, 0.05) is 6.54 Å². The molecule has 1 aromatic heterocycles. The van der Waals surface area contributed by atoms with E-state index in [0.29, 0.717) is 16.8 Å². The fraction of sp³-hybridized carbons (Fsp3) is 0.444. The molecule has 0 saturated carbocycles. The summed E-state index contributed by atoms with van der Waals surface area (Å²) in [6.07, 6.45) is 3.56. The van der Waals surface area contributed by atoms with Gasteiger partial charge in [-0.3, -0.25) is 4.79 Å². The van der Waals surface area contributed by atoms with Crippen molar-refractivity contribution in [3.05, 3.63) is 22.6 Å². The average molecular weight is 246 g/mol. The Morgan fingerprint density at radius 2 is 2.46 bits per heavy atom. The Hall–Kier alpha value is -0.770. The Morgan fingerprint density at radius 3 is 3.00 bits per heavy atom. The molecule has 0 bridgehead atoms. The number of nitrogens with one attached hydrogen (secondary N) is 1. The standard InChI is InChI=1S/C9H12BrNO2/c1-2-3-5-11-9(12)7-4-6-13-8(7)10/h4,6H,2-3,5H2,1H3,(H,11,12). The van der Waals surface area contributed by atoms with Gasteiger partial charge in [-0.1, -0.05) is 13.3 Å². The summed E-state index contributed by atoms with van der Waals surface area (Å²) in [5, 5.41) is 2.80. The molecule has 0 saturated heterocycles. The molecule has 3 nitrogen and oxygen atoms in total. The van der Waals surface area contributed by atoms with Crippen molar-refractivity contribution < 1.29 is 9.21 Å². The molecule has 1 N–H and O–H groups in total. The molecule has 0 aromatic carbocycles. The maximum atomic E-state index is 11.4. The van der Waals surface area contributed by atoms with E-state index in [1.54, 1.807) is 6.07 Å². The first-order valence-corrected chi connectivity index (χ1v) is 5.06. The number of unbranched alkanes of at least 4 members (excludes halogenated alkanes) is 1. The van der Waals surface area contributed by atoms with Crippen LogP contribution in [0.2, 0.25) is 0 Å². The van der Waals surface area contributed by atoms with E-state index < -0.39 is 0 Å². The number of furan rings is 1. The van der Waals surface area contributed by atoms with Crippen LogP contribution < -0.4 is 5.32 Å². The third-order valence-electron chi connectivity index (χ3n) is 1.68. The molecule has 1 amide bonds. The molecule has 72 valence electrons. The van der Waals surface area contributed by atoms with E-state index in [1.807, 2.05) is 0 Å². The minimum Gasteiger partial charge on any atom is -0.457 e. The summed E-state index contributed by atoms with van der Waals surface area (Å²) in [4.78, 5) is 11.4. The molecule has 4 heteroatoms. The van der Waals surface area contributed by atoms with Gasteiger partial charge in [-0.25, -0.2) is 0 Å². The first kappa shape index (κ1) is 10.3. The predicted molar refractivity (Wildman–Crippen MR) is 53.6 cm³/mol. The van der Waals surface area contributed by atoms with Crippen molar-refractivity contribution in [3.8, 4) is 0 Å². The second-order valence-corrected chi connectivity index (χ2v) is 3.44. The molecule has 0 spiro atoms. The number of halogens is 1. The molecule has 0 radical (unpaired) electrons. The quantitative estimate of drug-likeness (QED) is 0.829. The summed E-state index contributed by atoms with van der Waals surface area (Å²) < 4.78 is 5.44. The van der Waals surface area contributed by atoms with E-state index in [1.165, 1.54) is 6.26 Å². The van der Waals surface area contributed by atoms with Crippen LogP contribution in [0.4, 0.5) is 0 Å². The highest BCUT2D eigenvalue weighted by atomic mass is 79.9. The van der Waals surface area contributed by atoms with Gasteiger partial charge in [0.05, 0.1) is 11.8 Å². The van der Waals surface area contributed by atoms with Gasteiger partial charge in [0.1, 0.15) is 0 Å². The Morgan fingerprint density at radius 1 is 1.69 bits per heavy atom. The Bertz CT molecular complexity index is 283. The van der Waals surface area contributed by atoms with E-state index in [4.69, 9.17) is 4.42 Å². The highest BCUT2D eigenvalue weighted by molar-refractivity contribution is 9.10. The highest BCUT2D eigenvalue weighted by Gasteiger charge is 2.10. The van der Waals surface area contributed by atoms with Crippen LogP contribution in [0, 0.1) is 0 Å². The number of carbonyl (C=O) groups is 1. The number of hydrogen-bond acceptors (Lipinski definition) is 2. The van der Waals surface area contributed by atoms with Gasteiger partial charge in [0.15, 0.2) is 4.67 Å². The smallest absolute Gasteiger partial charge is 0.255 e. The second kappa shape index (κ2) is 5.07. The van der Waals surface area contributed by atoms with Gasteiger partial charge >= 0.3 is 0 Å². The van der Waals surface area contributed by atoms with Crippen LogP contribution in [0.5, 0.6) is 0 Å². The minimum absolute atomic E-state index is 0.0888. The summed E-state index contributed by atoms with van der Waals surface area (Å²) in [5.41, 5.74) is 0.552. The molecule has 1 aromatic rings. The number of rotatable bonds is 4. The number of amides is 1. The average Bonchev–Trinajstić information content (AvgIpc) is 2.52. The fourth-order valence-electron chi connectivity index (χ4n) is 0.930. The SMILES string of the molecule is CCCCNC(=O)c1ccoc1Br. The minimum atomic E-state index is -0.0888. The number of carbonyl (C=O) groups excluding carboxylic acids is 1. The van der Waals surface area contributed by atoms with Gasteiger partial charge < -0.3 is 9.73 Å². The van der Waals surface area contributed by atoms with E-state index in [9.17, 15) is 4.79 Å². The monoisotopic (exact) mass is 245 g/mol. The van der Waals surface area contributed by atoms with Gasteiger partial charge in [-0.2, -0.15) is 0 Å². The molecule has 0 aliphatic carbocycles. The predicted octanol–water partition coefficient (Wildman–Crippen LogP) is 2.57. The van der Waals surface area contributed by atoms with Crippen molar-refractivity contribution in [2.24, 2.45) is 0 Å². The van der Waals surface area contributed by atoms with E-state index in [-0.39, 0.29) is 5.91 Å². The van der Waals surface area contributed by atoms with Crippen LogP contribution in [0.1, 0.15) is 30.1 Å². The summed E-state index contributed by atoms with van der Waals surface area (Å²) in [5.74, 6) is -0.0888. The van der Waals surface area contributed by atoms with E-state index >= 15 is 0 Å². The third kappa shape index (κ3) is 2.88. The molecular formula is C9H12BrNO2. The van der Waals surface area contributed by atoms with Crippen molar-refractivity contribution >= 4 is 21.8 Å². The van der Waals surface area contributed by atoms with Crippen LogP contribution in [0.25, 0.3) is 0 Å². The molecule has 1 rings (SSSR count). The zero-order chi connectivity index (χ0) is 9.68. The fourth-order valence-corrected chi connectivity index (χ4v) is 1.35. The first-order chi connectivity index (χ1) is 6.25. The van der Waals surface area contributed by atoms with E-state index in [2.05, 4.69) is 28.2 Å². The van der Waals surface area contributed by atoms with Crippen LogP contribution >= 0.6 is 15.9 Å². The lowest BCUT2D eigenvalue weighted by atomic mass is 10.3. The van der Waals surface area contributed by atoms with Gasteiger partial charge in [0.2, 0.25) is 0 Å². The molecule has 13 heavy (non-hydrogen) atoms. The lowest BCUT2D eigenvalue weighted by Gasteiger charge is -2.01. The molecule has 0 aliphatic rings. The lowest BCUT2D eigenvalue weighted by molar-refractivity contribution is 0.0951. The third-order valence-corrected chi connectivity index (χ3v) is 2.29. The normalized spacial score (nSPS) is 10.0. The molecule has 0 aliphatic heterocycles. The summed E-state index contributed by atoms with van der Waals surface area (Å²) in [6, 6.07) is 1.64. The van der Waals surface area contributed by atoms with Gasteiger partial charge in [-0.05, 0) is 28.4 Å². The highest BCUT2D eigenvalue weighted by Crippen LogP contribution is 2.16. The Balaban J connectivity index is 2.45. The lowest BCUT2D eigenvalue weighted by Crippen LogP contribution is -2.24. The maximum Gasteiger partial charge on any atom is 0.255 e. The van der Waals surface area contributed by atoms with Crippen LogP contribution in [-0.2, 0) is 0 Å². The van der Waals surface area contributed by atoms with Crippen LogP contribution in [-0.4, -0.2) is 12.5 Å². The van der Waals surface area contributed by atoms with Crippen molar-refractivity contribution in [1.82, 2.24) is 5.32 Å². The van der Waals surface area contributed by atoms with Crippen molar-refractivity contribution in [2.45, 2.75) is 19.8 Å². The summed E-state index contributed by atoms with van der Waals surface area (Å²) in [6.45, 7) is 2.80. The summed E-state index contributed by atoms with van der Waals surface area (Å²) in [7, 11) is 0. The van der Waals surface area contributed by atoms with Crippen LogP contribution in [0.15, 0.2) is 21.4 Å². The maximum absolute atomic E-state index is 11.4. The summed E-state index contributed by atoms with van der Waals surface area (Å²) >= 11 is 3.15. The number of hydrogen-bond donors (Lipinski definition) is 1. The Kier molecular flexibility index (Phi) is 4.02. The van der Waals surface area contributed by atoms with Crippen molar-refractivity contribution in [3.63, 3.8) is 0 Å². The van der Waals surface area contributed by atoms with Gasteiger partial charge in [0.25, 0.3) is 5.91 Å². The van der Waals surface area contributed by atoms with Gasteiger partial charge in [-0.15, -0.1) is 0 Å². The molecule has 0 atom stereocenters. The van der Waals surface area contributed by atoms with Crippen molar-refractivity contribution in [2.75, 3.05) is 6.54 Å². The Labute approximate surface area is 85.6 Å². The van der Waals surface area contributed by atoms with Crippen molar-refractivity contribution in [1.29, 1.82) is 0 Å².